The third kappa shape index (κ3) is 4.44. The Bertz CT molecular complexity index is 983. The van der Waals surface area contributed by atoms with Crippen LogP contribution in [0.3, 0.4) is 0 Å². The highest BCUT2D eigenvalue weighted by Gasteiger charge is 2.34. The lowest BCUT2D eigenvalue weighted by Gasteiger charge is -2.29. The molecule has 1 N–H and O–H groups in total. The molecule has 0 spiro atoms. The van der Waals surface area contributed by atoms with E-state index in [0.717, 1.165) is 31.2 Å². The Kier molecular flexibility index (Phi) is 6.99. The number of sulfonamides is 1. The van der Waals surface area contributed by atoms with Crippen LogP contribution in [0.25, 0.3) is 0 Å². The van der Waals surface area contributed by atoms with Gasteiger partial charge in [0.25, 0.3) is 5.91 Å². The highest BCUT2D eigenvalue weighted by molar-refractivity contribution is 7.89. The zero-order chi connectivity index (χ0) is 21.7. The van der Waals surface area contributed by atoms with Crippen LogP contribution in [0.1, 0.15) is 41.6 Å². The minimum absolute atomic E-state index is 0.0791. The van der Waals surface area contributed by atoms with Crippen LogP contribution < -0.4 is 14.8 Å². The standard InChI is InChI=1S/C22H28N2O5S/c1-23-22(25)16-11-13-19(14-12-16)30(26,27)24(18-8-4-5-9-18)15-17-7-6-10-20(28-2)21(17)29-3/h6-7,10-14,18H,4-5,8-9,15H2,1-3H3,(H,23,25). The van der Waals surface area contributed by atoms with Gasteiger partial charge in [-0.25, -0.2) is 8.42 Å². The van der Waals surface area contributed by atoms with Gasteiger partial charge in [0.15, 0.2) is 11.5 Å². The second-order valence-corrected chi connectivity index (χ2v) is 9.14. The van der Waals surface area contributed by atoms with Crippen LogP contribution in [0.15, 0.2) is 47.4 Å². The quantitative estimate of drug-likeness (QED) is 0.692. The van der Waals surface area contributed by atoms with Crippen LogP contribution in [0, 0.1) is 0 Å². The average Bonchev–Trinajstić information content (AvgIpc) is 3.30. The van der Waals surface area contributed by atoms with Crippen molar-refractivity contribution >= 4 is 15.9 Å². The fraction of sp³-hybridized carbons (Fsp3) is 0.409. The van der Waals surface area contributed by atoms with Crippen LogP contribution in [0.2, 0.25) is 0 Å². The molecule has 7 nitrogen and oxygen atoms in total. The number of methoxy groups -OCH3 is 2. The average molecular weight is 433 g/mol. The SMILES string of the molecule is CNC(=O)c1ccc(S(=O)(=O)N(Cc2cccc(OC)c2OC)C2CCCC2)cc1. The lowest BCUT2D eigenvalue weighted by Crippen LogP contribution is -2.38. The molecule has 3 rings (SSSR count). The predicted octanol–water partition coefficient (Wildman–Crippen LogP) is 3.20. The van der Waals surface area contributed by atoms with E-state index in [4.69, 9.17) is 9.47 Å². The molecule has 1 aliphatic carbocycles. The molecule has 0 unspecified atom stereocenters. The minimum Gasteiger partial charge on any atom is -0.493 e. The third-order valence-electron chi connectivity index (χ3n) is 5.49. The number of nitrogens with zero attached hydrogens (tertiary/aromatic N) is 1. The molecular formula is C22H28N2O5S. The van der Waals surface area contributed by atoms with E-state index >= 15 is 0 Å². The Hall–Kier alpha value is -2.58. The number of amides is 1. The van der Waals surface area contributed by atoms with Crippen molar-refractivity contribution in [3.63, 3.8) is 0 Å². The van der Waals surface area contributed by atoms with E-state index in [1.54, 1.807) is 24.6 Å². The molecule has 0 bridgehead atoms. The summed E-state index contributed by atoms with van der Waals surface area (Å²) in [5.74, 6) is 0.842. The first-order valence-electron chi connectivity index (χ1n) is 9.96. The maximum absolute atomic E-state index is 13.6. The van der Waals surface area contributed by atoms with Crippen LogP contribution in [-0.4, -0.2) is 45.9 Å². The van der Waals surface area contributed by atoms with E-state index in [1.807, 2.05) is 12.1 Å². The molecule has 1 saturated carbocycles. The number of rotatable bonds is 8. The summed E-state index contributed by atoms with van der Waals surface area (Å²) in [4.78, 5) is 12.0. The number of carbonyl (C=O) groups is 1. The van der Waals surface area contributed by atoms with Crippen molar-refractivity contribution in [1.82, 2.24) is 9.62 Å². The lowest BCUT2D eigenvalue weighted by molar-refractivity contribution is 0.0963. The molecule has 30 heavy (non-hydrogen) atoms. The molecule has 8 heteroatoms. The molecule has 2 aromatic carbocycles. The van der Waals surface area contributed by atoms with Gasteiger partial charge in [-0.3, -0.25) is 4.79 Å². The summed E-state index contributed by atoms with van der Waals surface area (Å²) in [7, 11) is 0.872. The van der Waals surface area contributed by atoms with E-state index in [2.05, 4.69) is 5.32 Å². The molecule has 0 radical (unpaired) electrons. The van der Waals surface area contributed by atoms with Crippen molar-refractivity contribution in [3.8, 4) is 11.5 Å². The summed E-state index contributed by atoms with van der Waals surface area (Å²) in [6.45, 7) is 0.185. The van der Waals surface area contributed by atoms with E-state index in [0.29, 0.717) is 17.1 Å². The number of carbonyl (C=O) groups excluding carboxylic acids is 1. The molecule has 2 aromatic rings. The van der Waals surface area contributed by atoms with Gasteiger partial charge in [0, 0.05) is 30.8 Å². The van der Waals surface area contributed by atoms with Gasteiger partial charge in [-0.15, -0.1) is 0 Å². The smallest absolute Gasteiger partial charge is 0.251 e. The Morgan fingerprint density at radius 2 is 1.73 bits per heavy atom. The molecule has 162 valence electrons. The second-order valence-electron chi connectivity index (χ2n) is 7.24. The Morgan fingerprint density at radius 1 is 1.07 bits per heavy atom. The normalized spacial score (nSPS) is 14.7. The Morgan fingerprint density at radius 3 is 2.30 bits per heavy atom. The summed E-state index contributed by atoms with van der Waals surface area (Å²) >= 11 is 0. The van der Waals surface area contributed by atoms with Crippen LogP contribution in [0.4, 0.5) is 0 Å². The number of nitrogens with one attached hydrogen (secondary N) is 1. The Balaban J connectivity index is 1.99. The second kappa shape index (κ2) is 9.49. The first-order chi connectivity index (χ1) is 14.4. The monoisotopic (exact) mass is 432 g/mol. The van der Waals surface area contributed by atoms with Crippen molar-refractivity contribution in [2.24, 2.45) is 0 Å². The van der Waals surface area contributed by atoms with E-state index in [1.165, 1.54) is 31.3 Å². The molecule has 0 heterocycles. The predicted molar refractivity (Wildman–Crippen MR) is 114 cm³/mol. The molecule has 0 aliphatic heterocycles. The first kappa shape index (κ1) is 22.1. The summed E-state index contributed by atoms with van der Waals surface area (Å²) in [5, 5.41) is 2.54. The zero-order valence-electron chi connectivity index (χ0n) is 17.6. The van der Waals surface area contributed by atoms with Gasteiger partial charge in [0.1, 0.15) is 0 Å². The highest BCUT2D eigenvalue weighted by atomic mass is 32.2. The van der Waals surface area contributed by atoms with Gasteiger partial charge in [-0.05, 0) is 43.2 Å². The van der Waals surface area contributed by atoms with Gasteiger partial charge in [-0.2, -0.15) is 4.31 Å². The van der Waals surface area contributed by atoms with Crippen LogP contribution in [-0.2, 0) is 16.6 Å². The Labute approximate surface area is 178 Å². The van der Waals surface area contributed by atoms with Gasteiger partial charge in [0.05, 0.1) is 19.1 Å². The summed E-state index contributed by atoms with van der Waals surface area (Å²) in [5.41, 5.74) is 1.16. The molecule has 1 aliphatic rings. The number of hydrogen-bond donors (Lipinski definition) is 1. The molecule has 1 fully saturated rings. The van der Waals surface area contributed by atoms with E-state index in [-0.39, 0.29) is 23.4 Å². The fourth-order valence-corrected chi connectivity index (χ4v) is 5.57. The fourth-order valence-electron chi connectivity index (χ4n) is 3.91. The summed E-state index contributed by atoms with van der Waals surface area (Å²) < 4.78 is 39.6. The first-order valence-corrected chi connectivity index (χ1v) is 11.4. The maximum Gasteiger partial charge on any atom is 0.251 e. The van der Waals surface area contributed by atoms with Crippen LogP contribution in [0.5, 0.6) is 11.5 Å². The molecule has 0 atom stereocenters. The molecular weight excluding hydrogens is 404 g/mol. The number of para-hydroxylation sites is 1. The molecule has 0 aromatic heterocycles. The maximum atomic E-state index is 13.6. The van der Waals surface area contributed by atoms with Crippen molar-refractivity contribution in [2.75, 3.05) is 21.3 Å². The molecule has 1 amide bonds. The highest BCUT2D eigenvalue weighted by Crippen LogP contribution is 2.35. The number of benzene rings is 2. The summed E-state index contributed by atoms with van der Waals surface area (Å²) in [6.07, 6.45) is 3.65. The van der Waals surface area contributed by atoms with Gasteiger partial charge < -0.3 is 14.8 Å². The van der Waals surface area contributed by atoms with Crippen molar-refractivity contribution in [1.29, 1.82) is 0 Å². The van der Waals surface area contributed by atoms with Crippen molar-refractivity contribution in [2.45, 2.75) is 43.2 Å². The largest absolute Gasteiger partial charge is 0.493 e. The molecule has 0 saturated heterocycles. The topological polar surface area (TPSA) is 84.9 Å². The van der Waals surface area contributed by atoms with Gasteiger partial charge >= 0.3 is 0 Å². The van der Waals surface area contributed by atoms with E-state index in [9.17, 15) is 13.2 Å². The zero-order valence-corrected chi connectivity index (χ0v) is 18.4. The lowest BCUT2D eigenvalue weighted by atomic mass is 10.1. The number of hydrogen-bond acceptors (Lipinski definition) is 5. The van der Waals surface area contributed by atoms with Crippen molar-refractivity contribution in [3.05, 3.63) is 53.6 Å². The number of ether oxygens (including phenoxy) is 2. The van der Waals surface area contributed by atoms with Gasteiger partial charge in [-0.1, -0.05) is 25.0 Å². The van der Waals surface area contributed by atoms with E-state index < -0.39 is 10.0 Å². The summed E-state index contributed by atoms with van der Waals surface area (Å²) in [6, 6.07) is 11.4. The van der Waals surface area contributed by atoms with Crippen molar-refractivity contribution < 1.29 is 22.7 Å². The third-order valence-corrected chi connectivity index (χ3v) is 7.41. The van der Waals surface area contributed by atoms with Crippen LogP contribution >= 0.6 is 0 Å². The minimum atomic E-state index is -3.77. The van der Waals surface area contributed by atoms with Gasteiger partial charge in [0.2, 0.25) is 10.0 Å².